The van der Waals surface area contributed by atoms with Crippen molar-refractivity contribution in [2.45, 2.75) is 56.4 Å². The van der Waals surface area contributed by atoms with Crippen LogP contribution < -0.4 is 11.2 Å². The normalized spacial score (nSPS) is 32.4. The zero-order chi connectivity index (χ0) is 26.0. The summed E-state index contributed by atoms with van der Waals surface area (Å²) in [6, 6.07) is -0.0939. The van der Waals surface area contributed by atoms with Crippen molar-refractivity contribution in [3.05, 3.63) is 30.6 Å². The van der Waals surface area contributed by atoms with E-state index in [0.717, 1.165) is 0 Å². The highest BCUT2D eigenvalue weighted by Crippen LogP contribution is 2.51. The molecule has 35 heavy (non-hydrogen) atoms. The van der Waals surface area contributed by atoms with E-state index in [4.69, 9.17) is 39.4 Å². The van der Waals surface area contributed by atoms with Crippen LogP contribution in [0.2, 0.25) is 0 Å². The summed E-state index contributed by atoms with van der Waals surface area (Å²) in [4.78, 5) is 26.1. The minimum absolute atomic E-state index is 0.0530. The molecule has 0 aliphatic carbocycles. The van der Waals surface area contributed by atoms with E-state index in [2.05, 4.69) is 4.98 Å². The Kier molecular flexibility index (Phi) is 10.4. The highest BCUT2D eigenvalue weighted by atomic mass is 127. The van der Waals surface area contributed by atoms with Gasteiger partial charge in [0, 0.05) is 32.0 Å². The molecule has 0 spiro atoms. The van der Waals surface area contributed by atoms with Crippen LogP contribution in [0.15, 0.2) is 15.8 Å². The number of rotatable bonds is 11. The third-order valence-electron chi connectivity index (χ3n) is 5.47. The van der Waals surface area contributed by atoms with Crippen LogP contribution in [0, 0.1) is 3.57 Å². The molecule has 2 aliphatic rings. The Labute approximate surface area is 222 Å². The van der Waals surface area contributed by atoms with Gasteiger partial charge in [0.1, 0.15) is 26.3 Å². The number of aromatic nitrogens is 2. The lowest BCUT2D eigenvalue weighted by atomic mass is 9.96. The first-order chi connectivity index (χ1) is 16.3. The van der Waals surface area contributed by atoms with Crippen molar-refractivity contribution < 1.29 is 37.2 Å². The fourth-order valence-corrected chi connectivity index (χ4v) is 7.51. The van der Waals surface area contributed by atoms with Crippen LogP contribution in [-0.4, -0.2) is 86.1 Å². The zero-order valence-electron chi connectivity index (χ0n) is 19.8. The molecule has 2 saturated heterocycles. The molecule has 8 unspecified atom stereocenters. The van der Waals surface area contributed by atoms with Crippen LogP contribution in [0.4, 0.5) is 0 Å². The molecule has 1 aromatic heterocycles. The molecule has 17 heteroatoms. The zero-order valence-corrected chi connectivity index (χ0v) is 24.6. The van der Waals surface area contributed by atoms with Gasteiger partial charge < -0.3 is 32.7 Å². The maximum Gasteiger partial charge on any atom is 0.330 e. The van der Waals surface area contributed by atoms with Crippen molar-refractivity contribution in [3.63, 3.8) is 0 Å². The number of nitrogens with zero attached hydrogens (tertiary/aromatic N) is 1. The molecule has 12 nitrogen and oxygen atoms in total. The number of hydrogen-bond acceptors (Lipinski definition) is 11. The van der Waals surface area contributed by atoms with E-state index in [0.29, 0.717) is 16.6 Å². The van der Waals surface area contributed by atoms with Gasteiger partial charge in [-0.3, -0.25) is 18.9 Å². The fourth-order valence-electron chi connectivity index (χ4n) is 3.99. The van der Waals surface area contributed by atoms with Crippen molar-refractivity contribution in [1.29, 1.82) is 0 Å². The fraction of sp³-hybridized carbons (Fsp3) is 0.778. The van der Waals surface area contributed by atoms with Crippen LogP contribution in [0.3, 0.4) is 0 Å². The molecular formula is C18H30BIN2O10P2S. The number of aliphatic hydroxyl groups is 1. The molecule has 1 aromatic rings. The second-order valence-electron chi connectivity index (χ2n) is 8.46. The molecule has 0 radical (unpaired) electrons. The predicted molar refractivity (Wildman–Crippen MR) is 143 cm³/mol. The van der Waals surface area contributed by atoms with Crippen molar-refractivity contribution in [2.75, 3.05) is 33.2 Å². The van der Waals surface area contributed by atoms with Gasteiger partial charge in [0.05, 0.1) is 35.6 Å². The Morgan fingerprint density at radius 3 is 2.57 bits per heavy atom. The van der Waals surface area contributed by atoms with Crippen molar-refractivity contribution in [1.82, 2.24) is 9.55 Å². The molecule has 0 amide bonds. The summed E-state index contributed by atoms with van der Waals surface area (Å²) in [5, 5.41) is 9.75. The number of nitrogens with one attached hydrogen (secondary N) is 1. The van der Waals surface area contributed by atoms with Gasteiger partial charge in [-0.2, -0.15) is 0 Å². The molecule has 2 aliphatic heterocycles. The van der Waals surface area contributed by atoms with E-state index >= 15 is 0 Å². The maximum atomic E-state index is 13.1. The van der Waals surface area contributed by atoms with Gasteiger partial charge in [0.15, 0.2) is 6.49 Å². The van der Waals surface area contributed by atoms with Crippen molar-refractivity contribution in [3.8, 4) is 0 Å². The minimum Gasteiger partial charge on any atom is -0.394 e. The van der Waals surface area contributed by atoms with Gasteiger partial charge in [-0.25, -0.2) is 4.79 Å². The van der Waals surface area contributed by atoms with Crippen LogP contribution in [0.1, 0.15) is 26.0 Å². The van der Waals surface area contributed by atoms with Crippen LogP contribution >= 0.6 is 36.7 Å². The van der Waals surface area contributed by atoms with Gasteiger partial charge in [-0.05, 0) is 47.7 Å². The molecule has 2 fully saturated rings. The van der Waals surface area contributed by atoms with E-state index < -0.39 is 56.5 Å². The Morgan fingerprint density at radius 1 is 1.23 bits per heavy atom. The Morgan fingerprint density at radius 2 is 1.91 bits per heavy atom. The third kappa shape index (κ3) is 8.03. The number of hydrogen-bond donors (Lipinski definition) is 2. The quantitative estimate of drug-likeness (QED) is 0.196. The monoisotopic (exact) mass is 666 g/mol. The summed E-state index contributed by atoms with van der Waals surface area (Å²) in [6.07, 6.45) is -1.28. The lowest BCUT2D eigenvalue weighted by Gasteiger charge is -2.26. The Hall–Kier alpha value is 0.0749. The molecule has 2 N–H and O–H groups in total. The largest absolute Gasteiger partial charge is 0.394 e. The highest BCUT2D eigenvalue weighted by molar-refractivity contribution is 14.1. The second kappa shape index (κ2) is 12.3. The average molecular weight is 666 g/mol. The van der Waals surface area contributed by atoms with E-state index in [1.807, 2.05) is 14.8 Å². The van der Waals surface area contributed by atoms with Crippen molar-refractivity contribution >= 4 is 56.3 Å². The van der Waals surface area contributed by atoms with Crippen LogP contribution in [-0.2, 0) is 43.9 Å². The van der Waals surface area contributed by atoms with Crippen molar-refractivity contribution in [2.24, 2.45) is 0 Å². The van der Waals surface area contributed by atoms with Crippen LogP contribution in [0.5, 0.6) is 0 Å². The Bertz CT molecular complexity index is 1110. The summed E-state index contributed by atoms with van der Waals surface area (Å²) in [7, 11) is -1.72. The average Bonchev–Trinajstić information content (AvgIpc) is 3.30. The van der Waals surface area contributed by atoms with E-state index in [-0.39, 0.29) is 25.1 Å². The first kappa shape index (κ1) is 29.6. The summed E-state index contributed by atoms with van der Waals surface area (Å²) in [5.41, 5.74) is -1.16. The molecule has 0 aromatic carbocycles. The topological polar surface area (TPSA) is 148 Å². The number of H-pyrrole nitrogens is 1. The summed E-state index contributed by atoms with van der Waals surface area (Å²) in [6.45, 7) is 2.43. The predicted octanol–water partition coefficient (Wildman–Crippen LogP) is 0.755. The van der Waals surface area contributed by atoms with Gasteiger partial charge in [-0.1, -0.05) is 0 Å². The third-order valence-corrected chi connectivity index (χ3v) is 9.47. The summed E-state index contributed by atoms with van der Waals surface area (Å²) >= 11 is 7.24. The molecule has 3 rings (SSSR count). The first-order valence-corrected chi connectivity index (χ1v) is 17.2. The lowest BCUT2D eigenvalue weighted by molar-refractivity contribution is -0.0453. The highest BCUT2D eigenvalue weighted by Gasteiger charge is 2.42. The van der Waals surface area contributed by atoms with Gasteiger partial charge in [0.25, 0.3) is 5.56 Å². The van der Waals surface area contributed by atoms with E-state index in [9.17, 15) is 19.3 Å². The molecule has 0 bridgehead atoms. The van der Waals surface area contributed by atoms with Gasteiger partial charge >= 0.3 is 13.3 Å². The van der Waals surface area contributed by atoms with Gasteiger partial charge in [-0.15, -0.1) is 0 Å². The molecular weight excluding hydrogens is 636 g/mol. The van der Waals surface area contributed by atoms with Gasteiger partial charge in [0.2, 0.25) is 0 Å². The second-order valence-corrected chi connectivity index (χ2v) is 15.6. The van der Waals surface area contributed by atoms with E-state index in [1.165, 1.54) is 17.4 Å². The minimum atomic E-state index is -3.62. The first-order valence-electron chi connectivity index (χ1n) is 11.1. The summed E-state index contributed by atoms with van der Waals surface area (Å²) < 4.78 is 49.2. The van der Waals surface area contributed by atoms with Crippen LogP contribution in [0.25, 0.3) is 0 Å². The molecule has 3 heterocycles. The molecule has 198 valence electrons. The number of halogens is 1. The maximum absolute atomic E-state index is 13.1. The molecule has 0 saturated carbocycles. The molecule has 8 atom stereocenters. The number of aliphatic hydroxyl groups excluding tert-OH is 1. The summed E-state index contributed by atoms with van der Waals surface area (Å²) in [5.74, 6) is 0. The lowest BCUT2D eigenvalue weighted by Crippen LogP contribution is -2.33. The standard InChI is InChI=1S/C18H30BIN2O10P2S/c1-4-27-34(3,35)32-11-5-15(19)29-14(11)9-28-33(2,26)31-12-6-16(30-13(12)8-23)22-7-10(20)17(24)21-18(22)25/h7,11-16,23H,4-6,8-9,19H2,1-3H3,(H,21,24,25). The smallest absolute Gasteiger partial charge is 0.330 e. The SMILES string of the molecule is BC1CC(OP(C)(=S)OCC)C(COP(C)(=O)OC2CC(n3cc(I)c(=O)[nH]c3=O)OC2CO)O1. The number of ether oxygens (including phenoxy) is 2. The van der Waals surface area contributed by atoms with E-state index in [1.54, 1.807) is 29.3 Å². The number of aromatic amines is 1. The Balaban J connectivity index is 1.63.